The van der Waals surface area contributed by atoms with E-state index in [1.165, 1.54) is 0 Å². The number of nitrogens with two attached hydrogens (primary N) is 1. The Hall–Kier alpha value is -1.44. The van der Waals surface area contributed by atoms with Gasteiger partial charge in [-0.15, -0.1) is 35.8 Å². The number of nitro benzene ring substituents is 1. The molecule has 0 aliphatic heterocycles. The molecule has 0 amide bonds. The number of H-pyrrole nitrogens is 1. The van der Waals surface area contributed by atoms with Crippen molar-refractivity contribution in [1.29, 1.82) is 0 Å². The van der Waals surface area contributed by atoms with E-state index in [1.807, 2.05) is 5.10 Å². The third-order valence-electron chi connectivity index (χ3n) is 11.7. The number of carbonyl (C=O) groups excluding carboxylic acids is 2. The number of nitrogens with one attached hydrogen (secondary N) is 1. The Morgan fingerprint density at radius 3 is 1.62 bits per heavy atom. The number of Topliss-reactive ketones (excluding diaryl/α,β-unsaturated/α-hetero) is 1. The van der Waals surface area contributed by atoms with Gasteiger partial charge in [0.15, 0.2) is 11.4 Å². The first-order valence-electron chi connectivity index (χ1n) is 22.4. The minimum atomic E-state index is -6.14. The summed E-state index contributed by atoms with van der Waals surface area (Å²) in [7, 11) is -40.3. The zero-order valence-electron chi connectivity index (χ0n) is 50.4. The molecule has 5 aromatic carbocycles. The number of benzene rings is 5. The van der Waals surface area contributed by atoms with Gasteiger partial charge in [0, 0.05) is 28.0 Å². The summed E-state index contributed by atoms with van der Waals surface area (Å²) in [5.74, 6) is -5.81. The first kappa shape index (κ1) is 96.6. The summed E-state index contributed by atoms with van der Waals surface area (Å²) in [6, 6.07) is 6.47. The van der Waals surface area contributed by atoms with Crippen molar-refractivity contribution in [1.82, 2.24) is 9.78 Å². The van der Waals surface area contributed by atoms with Crippen LogP contribution in [0.25, 0.3) is 16.5 Å². The second kappa shape index (κ2) is 36.2. The van der Waals surface area contributed by atoms with Gasteiger partial charge in [0.25, 0.3) is 31.5 Å². The molecule has 0 atom stereocenters. The maximum Gasteiger partial charge on any atom is 1.00 e. The number of azo groups is 4. The molecule has 0 bridgehead atoms. The third-order valence-corrected chi connectivity index (χ3v) is 18.1. The van der Waals surface area contributed by atoms with Crippen LogP contribution in [0.1, 0.15) is 10.5 Å². The molecule has 0 radical (unpaired) electrons. The molecule has 1 heterocycles. The summed E-state index contributed by atoms with van der Waals surface area (Å²) in [5, 5.41) is 63.2. The zero-order valence-corrected chi connectivity index (χ0v) is 72.8. The van der Waals surface area contributed by atoms with E-state index in [2.05, 4.69) is 40.9 Å². The topological polar surface area (TPSA) is 687 Å². The number of aromatic amines is 1. The van der Waals surface area contributed by atoms with Crippen LogP contribution in [-0.4, -0.2) is 122 Å². The van der Waals surface area contributed by atoms with Crippen LogP contribution in [0.4, 0.5) is 39.8 Å². The van der Waals surface area contributed by atoms with Crippen molar-refractivity contribution in [3.05, 3.63) is 149 Å². The number of halogens is 1. The Morgan fingerprint density at radius 1 is 0.582 bits per heavy atom. The number of rotatable bonds is 17. The molecule has 56 heteroatoms. The Morgan fingerprint density at radius 2 is 1.12 bits per heavy atom. The minimum Gasteiger partial charge on any atom is -0.871 e. The molecule has 472 valence electrons. The predicted octanol–water partition coefficient (Wildman–Crippen LogP) is -22.7. The smallest absolute Gasteiger partial charge is 0.871 e. The number of hydrogen-bond acceptors (Lipinski definition) is 35. The number of carboxylic acid groups (broad SMARTS) is 1. The average molecular weight is 1580 g/mol. The van der Waals surface area contributed by atoms with E-state index < -0.39 is 223 Å². The SMILES string of the molecule is NC1=C2C(=O)C(N=Nc3ccc([N+](=O)[O-])cc3S(=O)(=O)[O-])=C(S(=O)(=O)O)C=C2C(=S(=O)([O-])[O-])C=C1N=Nc1ccc2c([O-])c(N=Nc3cc(Cl)c(N=Nc4c(C(=O)[O-])[nH]n(-c5ccc(S(=O)(=O)[O-])cc5)c4=O)c(S(=O)(=O)[O-])c3)c(S(=O)(=O)O)cc2c1S(=O)(=O)[O-].[Na+].[Na+].[Na+].[Na+].[Na+].[Na+].[Na+].[Na+]. The van der Waals surface area contributed by atoms with Gasteiger partial charge in [0.1, 0.15) is 78.7 Å². The monoisotopic (exact) mass is 1580 g/mol. The molecule has 0 unspecified atom stereocenters. The van der Waals surface area contributed by atoms with Gasteiger partial charge in [-0.3, -0.25) is 38.1 Å². The third kappa shape index (κ3) is 21.4. The Balaban J connectivity index is 0.0000118. The van der Waals surface area contributed by atoms with Crippen LogP contribution >= 0.6 is 11.6 Å². The number of fused-ring (bicyclic) bond motifs is 2. The average Bonchev–Trinajstić information content (AvgIpc) is 0.911. The van der Waals surface area contributed by atoms with Crippen molar-refractivity contribution in [2.75, 3.05) is 0 Å². The van der Waals surface area contributed by atoms with Crippen LogP contribution in [0.5, 0.6) is 5.75 Å². The van der Waals surface area contributed by atoms with E-state index in [4.69, 9.17) is 17.3 Å². The number of allylic oxidation sites excluding steroid dienone is 4. The van der Waals surface area contributed by atoms with Gasteiger partial charge in [-0.1, -0.05) is 23.4 Å². The zero-order chi connectivity index (χ0) is 67.1. The summed E-state index contributed by atoms with van der Waals surface area (Å²) in [5.41, 5.74) is -11.3. The van der Waals surface area contributed by atoms with Gasteiger partial charge >= 0.3 is 236 Å². The Labute approximate surface area is 731 Å². The summed E-state index contributed by atoms with van der Waals surface area (Å²) >= 11 is 6.20. The number of nitrogens with zero attached hydrogens (tertiary/aromatic N) is 10. The standard InChI is InChI=1S/C42H27ClN12O28S7.8Na/c43-22-9-15(10-28(87(72,73)74)33(22)49-52-36-37(42(59)60)53-54(41(36)58)16-1-4-18(5-2-16)84(63,64)65)45-50-34-29(88(75,76)77)12-20-19(38(34)56)6-8-24(40(20)90(81,82)83)47-48-25-14-26(85(66,67)68)21-13-30(89(78,79)80)35(39(57)31(21)32(25)44)51-46-23-7-3-17(55(61)62)11-27(23)86(69,70)71;;;;;;;;/h1-14,53,56H,44H2,(H,59,60)(H,63,64,65)(H2,66,67,68)(H,69,70,71)(H,72,73,74)(H,75,76,77)(H,78,79,80)(H,81,82,83);;;;;;;;/q;8*+1/p-8. The maximum absolute atomic E-state index is 14.1. The molecule has 0 saturated carbocycles. The predicted molar refractivity (Wildman–Crippen MR) is 283 cm³/mol. The first-order valence-corrected chi connectivity index (χ1v) is 32.7. The van der Waals surface area contributed by atoms with E-state index in [9.17, 15) is 126 Å². The largest absolute Gasteiger partial charge is 1.00 e. The van der Waals surface area contributed by atoms with Gasteiger partial charge in [-0.05, 0) is 72.1 Å². The number of aromatic nitrogens is 2. The van der Waals surface area contributed by atoms with E-state index in [-0.39, 0.29) is 272 Å². The van der Waals surface area contributed by atoms with Gasteiger partial charge in [-0.25, -0.2) is 38.4 Å². The Bertz CT molecular complexity index is 5540. The fourth-order valence-electron chi connectivity index (χ4n) is 7.91. The number of aromatic carboxylic acids is 1. The molecule has 98 heavy (non-hydrogen) atoms. The summed E-state index contributed by atoms with van der Waals surface area (Å²) in [4.78, 5) is 38.9. The minimum absolute atomic E-state index is 0. The molecule has 5 N–H and O–H groups in total. The Kier molecular flexibility index (Phi) is 35.7. The van der Waals surface area contributed by atoms with Crippen LogP contribution in [0, 0.1) is 10.1 Å². The van der Waals surface area contributed by atoms with Crippen molar-refractivity contribution >= 4 is 150 Å². The number of carboxylic acids is 1. The molecule has 2 aliphatic rings. The van der Waals surface area contributed by atoms with Crippen molar-refractivity contribution < 1.29 is 352 Å². The molecule has 0 saturated heterocycles. The fourth-order valence-corrected chi connectivity index (χ4v) is 12.7. The number of hydrogen-bond donors (Lipinski definition) is 4. The second-order valence-electron chi connectivity index (χ2n) is 17.3. The molecule has 1 aromatic heterocycles. The van der Waals surface area contributed by atoms with Crippen LogP contribution in [0.15, 0.2) is 188 Å². The van der Waals surface area contributed by atoms with E-state index >= 15 is 0 Å². The fraction of sp³-hybridized carbons (Fsp3) is 0. The summed E-state index contributed by atoms with van der Waals surface area (Å²) in [6.45, 7) is 0. The second-order valence-corrected chi connectivity index (χ2v) is 27.2. The molecular formula is C42H19ClN12Na8O28S7. The molecule has 0 spiro atoms. The van der Waals surface area contributed by atoms with Gasteiger partial charge < -0.3 is 48.1 Å². The molecule has 2 aliphatic carbocycles. The first-order chi connectivity index (χ1) is 41.3. The van der Waals surface area contributed by atoms with Crippen molar-refractivity contribution in [2.45, 2.75) is 24.5 Å². The van der Waals surface area contributed by atoms with Crippen LogP contribution < -0.4 is 258 Å². The molecule has 40 nitrogen and oxygen atoms in total. The van der Waals surface area contributed by atoms with Gasteiger partial charge in [0.2, 0.25) is 5.78 Å². The normalized spacial score (nSPS) is 13.8. The summed E-state index contributed by atoms with van der Waals surface area (Å²) in [6.07, 6.45) is 0.286. The number of carbonyl (C=O) groups is 2. The van der Waals surface area contributed by atoms with Crippen LogP contribution in [-0.2, 0) is 75.6 Å². The van der Waals surface area contributed by atoms with E-state index in [0.717, 1.165) is 24.3 Å². The van der Waals surface area contributed by atoms with Crippen molar-refractivity contribution in [3.63, 3.8) is 0 Å². The molecule has 8 rings (SSSR count). The van der Waals surface area contributed by atoms with Crippen LogP contribution in [0.2, 0.25) is 5.02 Å². The maximum atomic E-state index is 14.1. The van der Waals surface area contributed by atoms with E-state index in [0.29, 0.717) is 35.0 Å². The quantitative estimate of drug-likeness (QED) is 0.0164. The van der Waals surface area contributed by atoms with Gasteiger partial charge in [-0.2, -0.15) is 32.0 Å². The van der Waals surface area contributed by atoms with Crippen molar-refractivity contribution in [3.8, 4) is 11.4 Å². The number of non-ortho nitro benzene ring substituents is 1. The van der Waals surface area contributed by atoms with Crippen molar-refractivity contribution in [2.24, 2.45) is 46.6 Å². The number of ketones is 1. The molecule has 6 aromatic rings. The van der Waals surface area contributed by atoms with Crippen LogP contribution in [0.3, 0.4) is 0 Å². The molecule has 0 fully saturated rings. The van der Waals surface area contributed by atoms with Gasteiger partial charge in [0.05, 0.1) is 63.8 Å². The molecular weight excluding hydrogens is 1560 g/mol. The number of nitro groups is 1. The van der Waals surface area contributed by atoms with E-state index in [1.54, 1.807) is 0 Å². The summed E-state index contributed by atoms with van der Waals surface area (Å²) < 4.78 is 256.